The highest BCUT2D eigenvalue weighted by atomic mass is 32.2. The average molecular weight is 435 g/mol. The van der Waals surface area contributed by atoms with Gasteiger partial charge in [-0.3, -0.25) is 9.10 Å². The van der Waals surface area contributed by atoms with Crippen LogP contribution in [0.5, 0.6) is 11.5 Å². The van der Waals surface area contributed by atoms with E-state index in [0.717, 1.165) is 17.1 Å². The zero-order chi connectivity index (χ0) is 22.3. The Balaban J connectivity index is 2.29. The third-order valence-corrected chi connectivity index (χ3v) is 6.71. The molecule has 2 rings (SSSR count). The van der Waals surface area contributed by atoms with Crippen molar-refractivity contribution in [3.05, 3.63) is 53.6 Å². The largest absolute Gasteiger partial charge is 0.493 e. The molecular weight excluding hydrogens is 404 g/mol. The van der Waals surface area contributed by atoms with E-state index in [2.05, 4.69) is 5.32 Å². The molecule has 0 aliphatic rings. The minimum Gasteiger partial charge on any atom is -0.493 e. The van der Waals surface area contributed by atoms with Gasteiger partial charge in [0.1, 0.15) is 0 Å². The van der Waals surface area contributed by atoms with Crippen molar-refractivity contribution in [3.63, 3.8) is 0 Å². The standard InChI is InChI=1S/C22H30N2O5S/c1-6-30(26,27)24(3)19-15-21(29-5)20(28-4)14-18(19)22(25)23-16(2)12-13-17-10-8-7-9-11-17/h7-11,14-16H,6,12-13H2,1-5H3,(H,23,25)/t16-/m0/s1. The lowest BCUT2D eigenvalue weighted by atomic mass is 10.1. The van der Waals surface area contributed by atoms with Gasteiger partial charge in [-0.05, 0) is 38.3 Å². The van der Waals surface area contributed by atoms with Crippen LogP contribution in [0.2, 0.25) is 0 Å². The van der Waals surface area contributed by atoms with Gasteiger partial charge in [0.25, 0.3) is 5.91 Å². The third kappa shape index (κ3) is 5.66. The number of amides is 1. The van der Waals surface area contributed by atoms with Crippen molar-refractivity contribution in [2.45, 2.75) is 32.7 Å². The SMILES string of the molecule is CCS(=O)(=O)N(C)c1cc(OC)c(OC)cc1C(=O)N[C@@H](C)CCc1ccccc1. The van der Waals surface area contributed by atoms with Crippen LogP contribution in [-0.4, -0.2) is 47.4 Å². The first-order chi connectivity index (χ1) is 14.2. The van der Waals surface area contributed by atoms with E-state index in [4.69, 9.17) is 9.47 Å². The van der Waals surface area contributed by atoms with Gasteiger partial charge >= 0.3 is 0 Å². The Morgan fingerprint density at radius 3 is 2.27 bits per heavy atom. The highest BCUT2D eigenvalue weighted by molar-refractivity contribution is 7.92. The summed E-state index contributed by atoms with van der Waals surface area (Å²) in [7, 11) is 0.783. The molecule has 0 heterocycles. The Labute approximate surface area is 179 Å². The van der Waals surface area contributed by atoms with Crippen LogP contribution < -0.4 is 19.1 Å². The number of nitrogens with one attached hydrogen (secondary N) is 1. The second kappa shape index (κ2) is 10.3. The molecule has 1 N–H and O–H groups in total. The Hall–Kier alpha value is -2.74. The number of ether oxygens (including phenoxy) is 2. The van der Waals surface area contributed by atoms with Gasteiger partial charge in [0.2, 0.25) is 10.0 Å². The second-order valence-corrected chi connectivity index (χ2v) is 9.28. The van der Waals surface area contributed by atoms with E-state index in [1.54, 1.807) is 6.92 Å². The number of carbonyl (C=O) groups is 1. The number of benzene rings is 2. The van der Waals surface area contributed by atoms with E-state index >= 15 is 0 Å². The predicted molar refractivity (Wildman–Crippen MR) is 119 cm³/mol. The van der Waals surface area contributed by atoms with E-state index in [1.165, 1.54) is 39.0 Å². The highest BCUT2D eigenvalue weighted by Gasteiger charge is 2.25. The van der Waals surface area contributed by atoms with Crippen LogP contribution in [0.25, 0.3) is 0 Å². The summed E-state index contributed by atoms with van der Waals surface area (Å²) in [6.45, 7) is 3.48. The van der Waals surface area contributed by atoms with Gasteiger partial charge in [-0.15, -0.1) is 0 Å². The maximum atomic E-state index is 13.0. The van der Waals surface area contributed by atoms with Crippen LogP contribution in [0.3, 0.4) is 0 Å². The van der Waals surface area contributed by atoms with Gasteiger partial charge in [-0.25, -0.2) is 8.42 Å². The van der Waals surface area contributed by atoms with Crippen LogP contribution in [-0.2, 0) is 16.4 Å². The third-order valence-electron chi connectivity index (χ3n) is 4.95. The fourth-order valence-corrected chi connectivity index (χ4v) is 3.89. The fourth-order valence-electron chi connectivity index (χ4n) is 3.06. The van der Waals surface area contributed by atoms with Gasteiger partial charge in [-0.1, -0.05) is 30.3 Å². The van der Waals surface area contributed by atoms with Gasteiger partial charge in [0.15, 0.2) is 11.5 Å². The molecular formula is C22H30N2O5S. The topological polar surface area (TPSA) is 84.9 Å². The number of rotatable bonds is 10. The molecule has 2 aromatic rings. The summed E-state index contributed by atoms with van der Waals surface area (Å²) in [5.74, 6) is 0.237. The molecule has 0 aliphatic carbocycles. The fraction of sp³-hybridized carbons (Fsp3) is 0.409. The number of hydrogen-bond donors (Lipinski definition) is 1. The first-order valence-corrected chi connectivity index (χ1v) is 11.4. The molecule has 30 heavy (non-hydrogen) atoms. The molecule has 0 saturated carbocycles. The molecule has 0 unspecified atom stereocenters. The molecule has 2 aromatic carbocycles. The second-order valence-electron chi connectivity index (χ2n) is 6.99. The Kier molecular flexibility index (Phi) is 8.11. The number of carbonyl (C=O) groups excluding carboxylic acids is 1. The van der Waals surface area contributed by atoms with Crippen molar-refractivity contribution in [2.75, 3.05) is 31.3 Å². The van der Waals surface area contributed by atoms with Crippen molar-refractivity contribution in [2.24, 2.45) is 0 Å². The number of nitrogens with zero attached hydrogens (tertiary/aromatic N) is 1. The number of sulfonamides is 1. The number of aryl methyl sites for hydroxylation is 1. The summed E-state index contributed by atoms with van der Waals surface area (Å²) in [6, 6.07) is 12.9. The lowest BCUT2D eigenvalue weighted by Gasteiger charge is -2.24. The molecule has 8 heteroatoms. The lowest BCUT2D eigenvalue weighted by molar-refractivity contribution is 0.0938. The van der Waals surface area contributed by atoms with Crippen LogP contribution >= 0.6 is 0 Å². The molecule has 164 valence electrons. The van der Waals surface area contributed by atoms with Crippen molar-refractivity contribution in [3.8, 4) is 11.5 Å². The maximum absolute atomic E-state index is 13.0. The molecule has 0 bridgehead atoms. The molecule has 1 amide bonds. The number of hydrogen-bond acceptors (Lipinski definition) is 5. The molecule has 0 spiro atoms. The number of anilines is 1. The van der Waals surface area contributed by atoms with E-state index in [0.29, 0.717) is 11.5 Å². The maximum Gasteiger partial charge on any atom is 0.253 e. The summed E-state index contributed by atoms with van der Waals surface area (Å²) in [6.07, 6.45) is 1.58. The zero-order valence-electron chi connectivity index (χ0n) is 18.1. The predicted octanol–water partition coefficient (Wildman–Crippen LogP) is 3.24. The normalized spacial score (nSPS) is 12.2. The Morgan fingerprint density at radius 1 is 1.10 bits per heavy atom. The summed E-state index contributed by atoms with van der Waals surface area (Å²) in [4.78, 5) is 13.0. The molecule has 0 saturated heterocycles. The van der Waals surface area contributed by atoms with E-state index in [9.17, 15) is 13.2 Å². The van der Waals surface area contributed by atoms with Crippen molar-refractivity contribution in [1.29, 1.82) is 0 Å². The summed E-state index contributed by atoms with van der Waals surface area (Å²) < 4.78 is 36.6. The summed E-state index contributed by atoms with van der Waals surface area (Å²) >= 11 is 0. The van der Waals surface area contributed by atoms with Crippen LogP contribution in [0.15, 0.2) is 42.5 Å². The average Bonchev–Trinajstić information content (AvgIpc) is 2.76. The highest BCUT2D eigenvalue weighted by Crippen LogP contribution is 2.36. The van der Waals surface area contributed by atoms with Gasteiger partial charge < -0.3 is 14.8 Å². The van der Waals surface area contributed by atoms with E-state index in [-0.39, 0.29) is 29.0 Å². The van der Waals surface area contributed by atoms with Crippen molar-refractivity contribution >= 4 is 21.6 Å². The van der Waals surface area contributed by atoms with Crippen molar-refractivity contribution < 1.29 is 22.7 Å². The Morgan fingerprint density at radius 2 is 1.70 bits per heavy atom. The van der Waals surface area contributed by atoms with Crippen LogP contribution in [0, 0.1) is 0 Å². The monoisotopic (exact) mass is 434 g/mol. The first-order valence-electron chi connectivity index (χ1n) is 9.80. The van der Waals surface area contributed by atoms with E-state index in [1.807, 2.05) is 37.3 Å². The van der Waals surface area contributed by atoms with Gasteiger partial charge in [0, 0.05) is 19.2 Å². The molecule has 0 aromatic heterocycles. The molecule has 0 radical (unpaired) electrons. The smallest absolute Gasteiger partial charge is 0.253 e. The minimum atomic E-state index is -3.57. The van der Waals surface area contributed by atoms with Crippen LogP contribution in [0.4, 0.5) is 5.69 Å². The van der Waals surface area contributed by atoms with Crippen LogP contribution in [0.1, 0.15) is 36.2 Å². The lowest BCUT2D eigenvalue weighted by Crippen LogP contribution is -2.35. The minimum absolute atomic E-state index is 0.0909. The Bertz CT molecular complexity index is 961. The molecule has 0 aliphatic heterocycles. The molecule has 7 nitrogen and oxygen atoms in total. The van der Waals surface area contributed by atoms with E-state index < -0.39 is 10.0 Å². The first kappa shape index (κ1) is 23.5. The molecule has 0 fully saturated rings. The quantitative estimate of drug-likeness (QED) is 0.621. The number of methoxy groups -OCH3 is 2. The van der Waals surface area contributed by atoms with Gasteiger partial charge in [0.05, 0.1) is 31.2 Å². The van der Waals surface area contributed by atoms with Gasteiger partial charge in [-0.2, -0.15) is 0 Å². The summed E-state index contributed by atoms with van der Waals surface area (Å²) in [5.41, 5.74) is 1.64. The molecule has 1 atom stereocenters. The van der Waals surface area contributed by atoms with Crippen molar-refractivity contribution in [1.82, 2.24) is 5.32 Å². The summed E-state index contributed by atoms with van der Waals surface area (Å²) in [5, 5.41) is 2.96. The zero-order valence-corrected chi connectivity index (χ0v) is 19.0.